The molecule has 0 unspecified atom stereocenters. The highest BCUT2D eigenvalue weighted by Gasteiger charge is 2.22. The fourth-order valence-corrected chi connectivity index (χ4v) is 4.26. The van der Waals surface area contributed by atoms with Crippen LogP contribution in [0.5, 0.6) is 0 Å². The van der Waals surface area contributed by atoms with E-state index in [0.29, 0.717) is 6.04 Å². The topological polar surface area (TPSA) is 15.3 Å². The Kier molecular flexibility index (Phi) is 6.54. The van der Waals surface area contributed by atoms with Gasteiger partial charge in [0.2, 0.25) is 0 Å². The second-order valence-corrected chi connectivity index (χ2v) is 7.82. The van der Waals surface area contributed by atoms with Gasteiger partial charge in [-0.2, -0.15) is 0 Å². The van der Waals surface area contributed by atoms with Crippen LogP contribution in [0.2, 0.25) is 0 Å². The second kappa shape index (κ2) is 9.68. The predicted octanol–water partition coefficient (Wildman–Crippen LogP) is 5.07. The van der Waals surface area contributed by atoms with E-state index in [0.717, 1.165) is 13.0 Å². The summed E-state index contributed by atoms with van der Waals surface area (Å²) in [5.74, 6) is 0. The van der Waals surface area contributed by atoms with Gasteiger partial charge in [-0.15, -0.1) is 0 Å². The van der Waals surface area contributed by atoms with Gasteiger partial charge in [0.25, 0.3) is 0 Å². The summed E-state index contributed by atoms with van der Waals surface area (Å²) < 4.78 is 0. The Hall–Kier alpha value is -2.42. The van der Waals surface area contributed by atoms with Gasteiger partial charge in [-0.05, 0) is 49.0 Å². The largest absolute Gasteiger partial charge is 0.302 e. The third-order valence-electron chi connectivity index (χ3n) is 5.67. The first-order valence-corrected chi connectivity index (χ1v) is 10.5. The molecule has 144 valence electrons. The Labute approximate surface area is 169 Å². The fraction of sp³-hybridized carbons (Fsp3) is 0.308. The van der Waals surface area contributed by atoms with Crippen molar-refractivity contribution in [1.29, 1.82) is 0 Å². The monoisotopic (exact) mass is 370 g/mol. The van der Waals surface area contributed by atoms with Crippen LogP contribution in [0.4, 0.5) is 0 Å². The van der Waals surface area contributed by atoms with E-state index in [1.807, 2.05) is 0 Å². The van der Waals surface area contributed by atoms with Crippen LogP contribution in [0.15, 0.2) is 91.0 Å². The highest BCUT2D eigenvalue weighted by Crippen LogP contribution is 2.23. The molecule has 3 aromatic rings. The molecule has 0 bridgehead atoms. The molecule has 1 N–H and O–H groups in total. The fourth-order valence-electron chi connectivity index (χ4n) is 4.26. The zero-order valence-electron chi connectivity index (χ0n) is 16.5. The average Bonchev–Trinajstić information content (AvgIpc) is 3.27. The highest BCUT2D eigenvalue weighted by atomic mass is 15.2. The lowest BCUT2D eigenvalue weighted by molar-refractivity contribution is 0.281. The maximum Gasteiger partial charge on any atom is 0.0579 e. The maximum atomic E-state index is 4.02. The van der Waals surface area contributed by atoms with Crippen LogP contribution in [-0.2, 0) is 6.42 Å². The molecule has 28 heavy (non-hydrogen) atoms. The van der Waals surface area contributed by atoms with E-state index in [1.54, 1.807) is 0 Å². The predicted molar refractivity (Wildman–Crippen MR) is 117 cm³/mol. The number of benzene rings is 3. The highest BCUT2D eigenvalue weighted by molar-refractivity contribution is 5.32. The van der Waals surface area contributed by atoms with E-state index in [9.17, 15) is 0 Å². The van der Waals surface area contributed by atoms with E-state index in [2.05, 4.69) is 101 Å². The minimum atomic E-state index is 0.207. The van der Waals surface area contributed by atoms with Gasteiger partial charge in [-0.1, -0.05) is 91.0 Å². The number of likely N-dealkylation sites (tertiary alicyclic amines) is 1. The minimum absolute atomic E-state index is 0.207. The molecule has 0 amide bonds. The molecule has 1 aliphatic heterocycles. The summed E-state index contributed by atoms with van der Waals surface area (Å²) in [6.07, 6.45) is 3.71. The lowest BCUT2D eigenvalue weighted by Crippen LogP contribution is -2.43. The Balaban J connectivity index is 1.59. The molecule has 0 radical (unpaired) electrons. The van der Waals surface area contributed by atoms with Crippen LogP contribution in [0.3, 0.4) is 0 Å². The average molecular weight is 371 g/mol. The van der Waals surface area contributed by atoms with E-state index >= 15 is 0 Å². The number of hydrogen-bond donors (Lipinski definition) is 1. The minimum Gasteiger partial charge on any atom is -0.302 e. The summed E-state index contributed by atoms with van der Waals surface area (Å²) in [4.78, 5) is 2.62. The van der Waals surface area contributed by atoms with E-state index in [4.69, 9.17) is 0 Å². The van der Waals surface area contributed by atoms with Crippen LogP contribution < -0.4 is 5.32 Å². The number of nitrogens with one attached hydrogen (secondary N) is 1. The summed E-state index contributed by atoms with van der Waals surface area (Å²) in [7, 11) is 0. The van der Waals surface area contributed by atoms with Crippen LogP contribution in [0, 0.1) is 0 Å². The molecule has 0 saturated carbocycles. The van der Waals surface area contributed by atoms with Crippen molar-refractivity contribution in [3.05, 3.63) is 108 Å². The molecule has 2 heteroatoms. The molecule has 0 aromatic heterocycles. The van der Waals surface area contributed by atoms with E-state index < -0.39 is 0 Å². The van der Waals surface area contributed by atoms with Gasteiger partial charge < -0.3 is 10.2 Å². The Bertz CT molecular complexity index is 771. The molecule has 4 rings (SSSR count). The zero-order valence-corrected chi connectivity index (χ0v) is 16.5. The molecule has 1 saturated heterocycles. The van der Waals surface area contributed by atoms with Crippen molar-refractivity contribution in [2.24, 2.45) is 0 Å². The Morgan fingerprint density at radius 3 is 1.71 bits per heavy atom. The molecule has 3 aromatic carbocycles. The Morgan fingerprint density at radius 2 is 1.18 bits per heavy atom. The van der Waals surface area contributed by atoms with Gasteiger partial charge in [-0.3, -0.25) is 0 Å². The zero-order chi connectivity index (χ0) is 19.0. The van der Waals surface area contributed by atoms with Gasteiger partial charge in [0.05, 0.1) is 6.04 Å². The lowest BCUT2D eigenvalue weighted by Gasteiger charge is -2.30. The SMILES string of the molecule is c1ccc(C[C@@H](CN2CCCC2)NC(c2ccccc2)c2ccccc2)cc1. The van der Waals surface area contributed by atoms with Crippen molar-refractivity contribution in [1.82, 2.24) is 10.2 Å². The van der Waals surface area contributed by atoms with E-state index in [1.165, 1.54) is 42.6 Å². The van der Waals surface area contributed by atoms with Gasteiger partial charge in [0.15, 0.2) is 0 Å². The van der Waals surface area contributed by atoms with Crippen LogP contribution in [0.25, 0.3) is 0 Å². The summed E-state index contributed by atoms with van der Waals surface area (Å²) in [5, 5.41) is 4.02. The first kappa shape index (κ1) is 18.9. The molecular formula is C26H30N2. The number of rotatable bonds is 8. The van der Waals surface area contributed by atoms with Gasteiger partial charge in [0.1, 0.15) is 0 Å². The molecule has 1 fully saturated rings. The molecule has 1 heterocycles. The van der Waals surface area contributed by atoms with Gasteiger partial charge >= 0.3 is 0 Å². The number of hydrogen-bond acceptors (Lipinski definition) is 2. The van der Waals surface area contributed by atoms with Gasteiger partial charge in [0, 0.05) is 12.6 Å². The van der Waals surface area contributed by atoms with Crippen molar-refractivity contribution in [3.8, 4) is 0 Å². The van der Waals surface area contributed by atoms with Crippen LogP contribution in [-0.4, -0.2) is 30.6 Å². The molecular weight excluding hydrogens is 340 g/mol. The van der Waals surface area contributed by atoms with Crippen molar-refractivity contribution in [3.63, 3.8) is 0 Å². The molecule has 2 nitrogen and oxygen atoms in total. The van der Waals surface area contributed by atoms with Crippen LogP contribution >= 0.6 is 0 Å². The molecule has 1 aliphatic rings. The smallest absolute Gasteiger partial charge is 0.0579 e. The lowest BCUT2D eigenvalue weighted by atomic mass is 9.96. The second-order valence-electron chi connectivity index (χ2n) is 7.82. The van der Waals surface area contributed by atoms with Crippen LogP contribution in [0.1, 0.15) is 35.6 Å². The molecule has 0 spiro atoms. The van der Waals surface area contributed by atoms with Crippen molar-refractivity contribution in [2.75, 3.05) is 19.6 Å². The molecule has 0 aliphatic carbocycles. The van der Waals surface area contributed by atoms with Crippen molar-refractivity contribution < 1.29 is 0 Å². The normalized spacial score (nSPS) is 15.8. The van der Waals surface area contributed by atoms with Gasteiger partial charge in [-0.25, -0.2) is 0 Å². The first-order valence-electron chi connectivity index (χ1n) is 10.5. The standard InChI is InChI=1S/C26H30N2/c1-4-12-22(13-5-1)20-25(21-28-18-10-11-19-28)27-26(23-14-6-2-7-15-23)24-16-8-3-9-17-24/h1-9,12-17,25-27H,10-11,18-21H2/t25-/m0/s1. The summed E-state index contributed by atoms with van der Waals surface area (Å²) in [6, 6.07) is 33.2. The summed E-state index contributed by atoms with van der Waals surface area (Å²) in [5.41, 5.74) is 4.06. The summed E-state index contributed by atoms with van der Waals surface area (Å²) in [6.45, 7) is 3.56. The first-order chi connectivity index (χ1) is 13.9. The van der Waals surface area contributed by atoms with Crippen molar-refractivity contribution in [2.45, 2.75) is 31.3 Å². The van der Waals surface area contributed by atoms with E-state index in [-0.39, 0.29) is 6.04 Å². The quantitative estimate of drug-likeness (QED) is 0.595. The summed E-state index contributed by atoms with van der Waals surface area (Å²) >= 11 is 0. The maximum absolute atomic E-state index is 4.02. The third-order valence-corrected chi connectivity index (χ3v) is 5.67. The Morgan fingerprint density at radius 1 is 0.679 bits per heavy atom. The number of nitrogens with zero attached hydrogens (tertiary/aromatic N) is 1. The third kappa shape index (κ3) is 5.09. The van der Waals surface area contributed by atoms with Crippen molar-refractivity contribution >= 4 is 0 Å². The molecule has 1 atom stereocenters.